The first-order valence-electron chi connectivity index (χ1n) is 8.84. The minimum Gasteiger partial charge on any atom is -0.497 e. The zero-order valence-corrected chi connectivity index (χ0v) is 15.1. The number of hydrogen-bond acceptors (Lipinski definition) is 4. The van der Waals surface area contributed by atoms with E-state index in [2.05, 4.69) is 5.16 Å². The molecule has 0 aromatic heterocycles. The van der Waals surface area contributed by atoms with E-state index < -0.39 is 5.60 Å². The van der Waals surface area contributed by atoms with Gasteiger partial charge in [0.05, 0.1) is 19.4 Å². The molecule has 4 rings (SSSR count). The van der Waals surface area contributed by atoms with Crippen LogP contribution < -0.4 is 4.74 Å². The molecule has 0 aliphatic carbocycles. The fraction of sp³-hybridized carbons (Fsp3) is 0.333. The highest BCUT2D eigenvalue weighted by Crippen LogP contribution is 2.36. The van der Waals surface area contributed by atoms with E-state index >= 15 is 0 Å². The lowest BCUT2D eigenvalue weighted by Gasteiger charge is -2.22. The van der Waals surface area contributed by atoms with E-state index in [9.17, 15) is 4.79 Å². The molecule has 1 atom stereocenters. The number of methoxy groups -OCH3 is 1. The zero-order valence-electron chi connectivity index (χ0n) is 15.1. The Hall–Kier alpha value is -2.82. The molecule has 26 heavy (non-hydrogen) atoms. The predicted molar refractivity (Wildman–Crippen MR) is 99.7 cm³/mol. The largest absolute Gasteiger partial charge is 0.497 e. The first-order chi connectivity index (χ1) is 12.6. The van der Waals surface area contributed by atoms with Gasteiger partial charge in [-0.15, -0.1) is 0 Å². The number of amides is 1. The Labute approximate surface area is 153 Å². The van der Waals surface area contributed by atoms with Crippen molar-refractivity contribution >= 4 is 11.6 Å². The number of nitrogens with zero attached hydrogens (tertiary/aromatic N) is 2. The molecule has 1 amide bonds. The first-order valence-corrected chi connectivity index (χ1v) is 8.84. The first kappa shape index (κ1) is 16.6. The summed E-state index contributed by atoms with van der Waals surface area (Å²) in [4.78, 5) is 20.4. The lowest BCUT2D eigenvalue weighted by Crippen LogP contribution is -2.36. The fourth-order valence-corrected chi connectivity index (χ4v) is 3.58. The molecule has 0 bridgehead atoms. The van der Waals surface area contributed by atoms with E-state index in [-0.39, 0.29) is 5.91 Å². The van der Waals surface area contributed by atoms with Crippen molar-refractivity contribution in [3.8, 4) is 5.75 Å². The average molecular weight is 350 g/mol. The molecule has 2 aliphatic rings. The summed E-state index contributed by atoms with van der Waals surface area (Å²) in [6, 6.07) is 15.5. The van der Waals surface area contributed by atoms with Gasteiger partial charge in [0, 0.05) is 24.9 Å². The van der Waals surface area contributed by atoms with Crippen LogP contribution in [0.1, 0.15) is 34.3 Å². The lowest BCUT2D eigenvalue weighted by molar-refractivity contribution is -0.00917. The van der Waals surface area contributed by atoms with Gasteiger partial charge in [0.2, 0.25) is 0 Å². The molecule has 1 fully saturated rings. The van der Waals surface area contributed by atoms with Gasteiger partial charge in [-0.3, -0.25) is 4.79 Å². The van der Waals surface area contributed by atoms with Gasteiger partial charge in [0.1, 0.15) is 5.75 Å². The van der Waals surface area contributed by atoms with Crippen LogP contribution in [0.5, 0.6) is 5.75 Å². The summed E-state index contributed by atoms with van der Waals surface area (Å²) < 4.78 is 5.20. The van der Waals surface area contributed by atoms with Crippen LogP contribution in [0.15, 0.2) is 53.7 Å². The molecule has 2 heterocycles. The van der Waals surface area contributed by atoms with Crippen molar-refractivity contribution in [3.63, 3.8) is 0 Å². The summed E-state index contributed by atoms with van der Waals surface area (Å²) in [5.41, 5.74) is 3.44. The second kappa shape index (κ2) is 6.48. The number of carbonyl (C=O) groups is 1. The van der Waals surface area contributed by atoms with Crippen molar-refractivity contribution < 1.29 is 14.4 Å². The fourth-order valence-electron chi connectivity index (χ4n) is 3.58. The number of ether oxygens (including phenoxy) is 1. The van der Waals surface area contributed by atoms with Crippen LogP contribution in [0, 0.1) is 6.92 Å². The summed E-state index contributed by atoms with van der Waals surface area (Å²) in [6.07, 6.45) is 1.52. The summed E-state index contributed by atoms with van der Waals surface area (Å²) in [5.74, 6) is 0.877. The molecule has 2 aromatic rings. The molecule has 0 N–H and O–H groups in total. The summed E-state index contributed by atoms with van der Waals surface area (Å²) in [5, 5.41) is 4.31. The zero-order chi connectivity index (χ0) is 18.1. The van der Waals surface area contributed by atoms with E-state index in [0.717, 1.165) is 41.0 Å². The molecule has 2 aliphatic heterocycles. The van der Waals surface area contributed by atoms with Gasteiger partial charge in [-0.1, -0.05) is 22.9 Å². The van der Waals surface area contributed by atoms with Gasteiger partial charge in [-0.2, -0.15) is 0 Å². The van der Waals surface area contributed by atoms with E-state index in [1.807, 2.05) is 60.4 Å². The number of carbonyl (C=O) groups excluding carboxylic acids is 1. The maximum absolute atomic E-state index is 12.7. The Morgan fingerprint density at radius 2 is 1.88 bits per heavy atom. The summed E-state index contributed by atoms with van der Waals surface area (Å²) in [7, 11) is 1.65. The summed E-state index contributed by atoms with van der Waals surface area (Å²) >= 11 is 0. The smallest absolute Gasteiger partial charge is 0.253 e. The highest BCUT2D eigenvalue weighted by molar-refractivity contribution is 6.02. The van der Waals surface area contributed by atoms with Gasteiger partial charge in [-0.25, -0.2) is 0 Å². The van der Waals surface area contributed by atoms with Crippen LogP contribution >= 0.6 is 0 Å². The van der Waals surface area contributed by atoms with Crippen LogP contribution in [0.4, 0.5) is 0 Å². The Morgan fingerprint density at radius 3 is 2.58 bits per heavy atom. The highest BCUT2D eigenvalue weighted by Gasteiger charge is 2.46. The Morgan fingerprint density at radius 1 is 1.15 bits per heavy atom. The number of benzene rings is 2. The molecular weight excluding hydrogens is 328 g/mol. The van der Waals surface area contributed by atoms with Crippen molar-refractivity contribution in [2.45, 2.75) is 25.4 Å². The minimum atomic E-state index is -0.393. The Balaban J connectivity index is 1.43. The second-order valence-corrected chi connectivity index (χ2v) is 7.06. The standard InChI is InChI=1S/C21H22N2O3/c1-15-3-5-17(6-4-15)20(24)23-12-11-21(14-23)13-19(22-26-21)16-7-9-18(25-2)10-8-16/h3-10H,11-14H2,1-2H3. The third-order valence-corrected chi connectivity index (χ3v) is 5.16. The van der Waals surface area contributed by atoms with E-state index in [4.69, 9.17) is 9.57 Å². The molecule has 1 unspecified atom stereocenters. The van der Waals surface area contributed by atoms with E-state index in [1.165, 1.54) is 0 Å². The number of likely N-dealkylation sites (tertiary alicyclic amines) is 1. The number of hydrogen-bond donors (Lipinski definition) is 0. The molecule has 5 heteroatoms. The Kier molecular flexibility index (Phi) is 4.15. The molecule has 134 valence electrons. The molecule has 0 radical (unpaired) electrons. The highest BCUT2D eigenvalue weighted by atomic mass is 16.7. The van der Waals surface area contributed by atoms with Crippen LogP contribution in [-0.4, -0.2) is 42.3 Å². The van der Waals surface area contributed by atoms with Crippen LogP contribution in [-0.2, 0) is 4.84 Å². The normalized spacial score (nSPS) is 21.6. The van der Waals surface area contributed by atoms with Crippen LogP contribution in [0.25, 0.3) is 0 Å². The van der Waals surface area contributed by atoms with Gasteiger partial charge >= 0.3 is 0 Å². The van der Waals surface area contributed by atoms with Gasteiger partial charge in [-0.05, 0) is 48.9 Å². The van der Waals surface area contributed by atoms with Crippen LogP contribution in [0.2, 0.25) is 0 Å². The molecule has 2 aromatic carbocycles. The summed E-state index contributed by atoms with van der Waals surface area (Å²) in [6.45, 7) is 3.28. The van der Waals surface area contributed by atoms with E-state index in [0.29, 0.717) is 13.1 Å². The molecule has 1 saturated heterocycles. The molecule has 1 spiro atoms. The lowest BCUT2D eigenvalue weighted by atomic mass is 9.93. The monoisotopic (exact) mass is 350 g/mol. The maximum Gasteiger partial charge on any atom is 0.253 e. The molecule has 5 nitrogen and oxygen atoms in total. The number of rotatable bonds is 3. The third kappa shape index (κ3) is 3.05. The molecule has 0 saturated carbocycles. The third-order valence-electron chi connectivity index (χ3n) is 5.16. The minimum absolute atomic E-state index is 0.0587. The maximum atomic E-state index is 12.7. The Bertz CT molecular complexity index is 843. The van der Waals surface area contributed by atoms with Gasteiger partial charge < -0.3 is 14.5 Å². The van der Waals surface area contributed by atoms with Crippen molar-refractivity contribution in [2.75, 3.05) is 20.2 Å². The van der Waals surface area contributed by atoms with Crippen LogP contribution in [0.3, 0.4) is 0 Å². The number of oxime groups is 1. The van der Waals surface area contributed by atoms with Gasteiger partial charge in [0.15, 0.2) is 5.60 Å². The topological polar surface area (TPSA) is 51.1 Å². The van der Waals surface area contributed by atoms with Crippen molar-refractivity contribution in [1.82, 2.24) is 4.90 Å². The quantitative estimate of drug-likeness (QED) is 0.852. The van der Waals surface area contributed by atoms with E-state index in [1.54, 1.807) is 7.11 Å². The van der Waals surface area contributed by atoms with Crippen molar-refractivity contribution in [3.05, 3.63) is 65.2 Å². The van der Waals surface area contributed by atoms with Crippen molar-refractivity contribution in [2.24, 2.45) is 5.16 Å². The van der Waals surface area contributed by atoms with Gasteiger partial charge in [0.25, 0.3) is 5.91 Å². The second-order valence-electron chi connectivity index (χ2n) is 7.06. The average Bonchev–Trinajstić information content (AvgIpc) is 3.29. The molecular formula is C21H22N2O3. The SMILES string of the molecule is COc1ccc(C2=NOC3(CCN(C(=O)c4ccc(C)cc4)C3)C2)cc1. The predicted octanol–water partition coefficient (Wildman–Crippen LogP) is 3.41. The van der Waals surface area contributed by atoms with Crippen molar-refractivity contribution in [1.29, 1.82) is 0 Å². The number of aryl methyl sites for hydroxylation is 1.